The number of hydrogen-bond donors (Lipinski definition) is 1. The number of nitrogens with zero attached hydrogens (tertiary/aromatic N) is 5. The second kappa shape index (κ2) is 6.69. The van der Waals surface area contributed by atoms with Crippen LogP contribution in [-0.4, -0.2) is 30.4 Å². The number of rotatable bonds is 6. The maximum atomic E-state index is 11.9. The number of nitrogens with one attached hydrogen (secondary N) is 1. The molecule has 0 fully saturated rings. The SMILES string of the molecule is CCn1cc(CNC(=O)Cn2nc([N+](=O)[O-])c(Br)c2C)cn1. The molecular formula is C12H15BrN6O3. The summed E-state index contributed by atoms with van der Waals surface area (Å²) >= 11 is 3.11. The van der Waals surface area contributed by atoms with Crippen molar-refractivity contribution >= 4 is 27.7 Å². The van der Waals surface area contributed by atoms with Gasteiger partial charge < -0.3 is 15.4 Å². The van der Waals surface area contributed by atoms with Crippen molar-refractivity contribution in [3.63, 3.8) is 0 Å². The summed E-state index contributed by atoms with van der Waals surface area (Å²) < 4.78 is 3.35. The van der Waals surface area contributed by atoms with E-state index in [0.717, 1.165) is 12.1 Å². The van der Waals surface area contributed by atoms with E-state index in [1.54, 1.807) is 17.8 Å². The lowest BCUT2D eigenvalue weighted by Crippen LogP contribution is -2.27. The molecule has 0 atom stereocenters. The van der Waals surface area contributed by atoms with Crippen LogP contribution in [0.15, 0.2) is 16.9 Å². The molecule has 10 heteroatoms. The number of nitro groups is 1. The predicted octanol–water partition coefficient (Wildman–Crippen LogP) is 1.40. The summed E-state index contributed by atoms with van der Waals surface area (Å²) in [7, 11) is 0. The van der Waals surface area contributed by atoms with Gasteiger partial charge in [-0.25, -0.2) is 0 Å². The van der Waals surface area contributed by atoms with Gasteiger partial charge in [-0.3, -0.25) is 9.48 Å². The van der Waals surface area contributed by atoms with Crippen molar-refractivity contribution in [3.8, 4) is 0 Å². The number of aryl methyl sites for hydroxylation is 1. The summed E-state index contributed by atoms with van der Waals surface area (Å²) in [6.07, 6.45) is 3.53. The van der Waals surface area contributed by atoms with E-state index in [0.29, 0.717) is 12.2 Å². The Balaban J connectivity index is 1.97. The Labute approximate surface area is 134 Å². The Morgan fingerprint density at radius 1 is 1.55 bits per heavy atom. The van der Waals surface area contributed by atoms with Crippen LogP contribution in [0, 0.1) is 17.0 Å². The van der Waals surface area contributed by atoms with Crippen molar-refractivity contribution in [2.45, 2.75) is 33.5 Å². The van der Waals surface area contributed by atoms with Crippen LogP contribution in [0.25, 0.3) is 0 Å². The van der Waals surface area contributed by atoms with E-state index in [2.05, 4.69) is 31.4 Å². The van der Waals surface area contributed by atoms with Gasteiger partial charge in [-0.05, 0) is 34.7 Å². The van der Waals surface area contributed by atoms with Gasteiger partial charge in [0.05, 0.1) is 17.0 Å². The van der Waals surface area contributed by atoms with Gasteiger partial charge in [0, 0.05) is 24.8 Å². The fourth-order valence-electron chi connectivity index (χ4n) is 1.84. The number of carbonyl (C=O) groups excluding carboxylic acids is 1. The molecule has 118 valence electrons. The van der Waals surface area contributed by atoms with E-state index < -0.39 is 4.92 Å². The van der Waals surface area contributed by atoms with Gasteiger partial charge in [-0.2, -0.15) is 9.78 Å². The topological polar surface area (TPSA) is 108 Å². The first-order valence-electron chi connectivity index (χ1n) is 6.57. The second-order valence-electron chi connectivity index (χ2n) is 4.62. The van der Waals surface area contributed by atoms with Gasteiger partial charge in [0.2, 0.25) is 5.91 Å². The maximum absolute atomic E-state index is 11.9. The molecule has 0 aromatic carbocycles. The number of amides is 1. The third kappa shape index (κ3) is 3.50. The van der Waals surface area contributed by atoms with Crippen LogP contribution >= 0.6 is 15.9 Å². The Kier molecular flexibility index (Phi) is 4.91. The molecule has 1 amide bonds. The molecule has 2 heterocycles. The monoisotopic (exact) mass is 370 g/mol. The van der Waals surface area contributed by atoms with Crippen molar-refractivity contribution in [2.75, 3.05) is 0 Å². The fourth-order valence-corrected chi connectivity index (χ4v) is 2.27. The van der Waals surface area contributed by atoms with Gasteiger partial charge in [0.15, 0.2) is 0 Å². The van der Waals surface area contributed by atoms with Gasteiger partial charge in [0.25, 0.3) is 0 Å². The molecule has 0 aliphatic carbocycles. The quantitative estimate of drug-likeness (QED) is 0.610. The second-order valence-corrected chi connectivity index (χ2v) is 5.41. The minimum atomic E-state index is -0.593. The van der Waals surface area contributed by atoms with E-state index in [9.17, 15) is 14.9 Å². The summed E-state index contributed by atoms with van der Waals surface area (Å²) in [5, 5.41) is 21.5. The highest BCUT2D eigenvalue weighted by molar-refractivity contribution is 9.10. The highest BCUT2D eigenvalue weighted by Crippen LogP contribution is 2.26. The smallest absolute Gasteiger partial charge is 0.358 e. The van der Waals surface area contributed by atoms with Crippen molar-refractivity contribution in [1.82, 2.24) is 24.9 Å². The van der Waals surface area contributed by atoms with E-state index in [4.69, 9.17) is 0 Å². The van der Waals surface area contributed by atoms with E-state index in [1.165, 1.54) is 4.68 Å². The molecule has 0 unspecified atom stereocenters. The number of halogens is 1. The molecule has 0 saturated carbocycles. The third-order valence-electron chi connectivity index (χ3n) is 3.08. The summed E-state index contributed by atoms with van der Waals surface area (Å²) in [5.41, 5.74) is 1.42. The molecule has 0 aliphatic heterocycles. The largest absolute Gasteiger partial charge is 0.404 e. The van der Waals surface area contributed by atoms with Gasteiger partial charge in [-0.1, -0.05) is 0 Å². The summed E-state index contributed by atoms with van der Waals surface area (Å²) in [6, 6.07) is 0. The normalized spacial score (nSPS) is 10.7. The zero-order valence-corrected chi connectivity index (χ0v) is 13.7. The third-order valence-corrected chi connectivity index (χ3v) is 4.01. The lowest BCUT2D eigenvalue weighted by Gasteiger charge is -2.03. The molecule has 9 nitrogen and oxygen atoms in total. The molecule has 2 aromatic rings. The van der Waals surface area contributed by atoms with E-state index in [-0.39, 0.29) is 22.7 Å². The molecule has 0 radical (unpaired) electrons. The molecule has 2 aromatic heterocycles. The van der Waals surface area contributed by atoms with Crippen molar-refractivity contribution in [2.24, 2.45) is 0 Å². The van der Waals surface area contributed by atoms with Crippen molar-refractivity contribution in [1.29, 1.82) is 0 Å². The standard InChI is InChI=1S/C12H15BrN6O3/c1-3-17-6-9(5-15-17)4-14-10(20)7-18-8(2)11(13)12(16-18)19(21)22/h5-6H,3-4,7H2,1-2H3,(H,14,20). The van der Waals surface area contributed by atoms with Crippen LogP contribution in [0.5, 0.6) is 0 Å². The van der Waals surface area contributed by atoms with Crippen molar-refractivity contribution in [3.05, 3.63) is 38.2 Å². The van der Waals surface area contributed by atoms with Crippen LogP contribution < -0.4 is 5.32 Å². The summed E-state index contributed by atoms with van der Waals surface area (Å²) in [4.78, 5) is 22.1. The molecular weight excluding hydrogens is 356 g/mol. The highest BCUT2D eigenvalue weighted by atomic mass is 79.9. The molecule has 1 N–H and O–H groups in total. The van der Waals surface area contributed by atoms with Gasteiger partial charge >= 0.3 is 5.82 Å². The van der Waals surface area contributed by atoms with Gasteiger partial charge in [-0.15, -0.1) is 0 Å². The number of hydrogen-bond acceptors (Lipinski definition) is 5. The summed E-state index contributed by atoms with van der Waals surface area (Å²) in [5.74, 6) is -0.577. The average molecular weight is 371 g/mol. The van der Waals surface area contributed by atoms with Gasteiger partial charge in [0.1, 0.15) is 11.0 Å². The molecule has 0 spiro atoms. The Bertz CT molecular complexity index is 708. The van der Waals surface area contributed by atoms with E-state index >= 15 is 0 Å². The Hall–Kier alpha value is -2.23. The fraction of sp³-hybridized carbons (Fsp3) is 0.417. The first-order valence-corrected chi connectivity index (χ1v) is 7.37. The first kappa shape index (κ1) is 16.1. The number of carbonyl (C=O) groups is 1. The van der Waals surface area contributed by atoms with Crippen LogP contribution in [0.3, 0.4) is 0 Å². The average Bonchev–Trinajstić information content (AvgIpc) is 3.05. The van der Waals surface area contributed by atoms with Crippen LogP contribution in [0.1, 0.15) is 18.2 Å². The summed E-state index contributed by atoms with van der Waals surface area (Å²) in [6.45, 7) is 4.66. The zero-order chi connectivity index (χ0) is 16.3. The molecule has 0 aliphatic rings. The molecule has 22 heavy (non-hydrogen) atoms. The predicted molar refractivity (Wildman–Crippen MR) is 81.1 cm³/mol. The lowest BCUT2D eigenvalue weighted by atomic mass is 10.3. The van der Waals surface area contributed by atoms with Crippen molar-refractivity contribution < 1.29 is 9.72 Å². The maximum Gasteiger partial charge on any atom is 0.404 e. The van der Waals surface area contributed by atoms with Crippen LogP contribution in [-0.2, 0) is 24.4 Å². The Morgan fingerprint density at radius 3 is 2.82 bits per heavy atom. The highest BCUT2D eigenvalue weighted by Gasteiger charge is 2.24. The van der Waals surface area contributed by atoms with Crippen LogP contribution in [0.4, 0.5) is 5.82 Å². The minimum Gasteiger partial charge on any atom is -0.358 e. The zero-order valence-electron chi connectivity index (χ0n) is 12.1. The Morgan fingerprint density at radius 2 is 2.27 bits per heavy atom. The first-order chi connectivity index (χ1) is 10.4. The minimum absolute atomic E-state index is 0.0831. The van der Waals surface area contributed by atoms with Crippen LogP contribution in [0.2, 0.25) is 0 Å². The van der Waals surface area contributed by atoms with E-state index in [1.807, 2.05) is 13.1 Å². The lowest BCUT2D eigenvalue weighted by molar-refractivity contribution is -0.390. The molecule has 0 bridgehead atoms. The molecule has 2 rings (SSSR count). The molecule has 0 saturated heterocycles. The number of aromatic nitrogens is 4.